The second kappa shape index (κ2) is 7.93. The maximum absolute atomic E-state index is 13.3. The highest BCUT2D eigenvalue weighted by atomic mass is 19.4. The van der Waals surface area contributed by atoms with Crippen molar-refractivity contribution >= 4 is 28.4 Å². The Morgan fingerprint density at radius 1 is 1.23 bits per heavy atom. The van der Waals surface area contributed by atoms with Crippen molar-refractivity contribution < 1.29 is 31.9 Å². The van der Waals surface area contributed by atoms with Gasteiger partial charge in [-0.3, -0.25) is 9.59 Å². The first-order valence-corrected chi connectivity index (χ1v) is 9.42. The second-order valence-corrected chi connectivity index (χ2v) is 7.12. The molecule has 2 N–H and O–H groups in total. The van der Waals surface area contributed by atoms with Gasteiger partial charge < -0.3 is 19.9 Å². The van der Waals surface area contributed by atoms with Gasteiger partial charge in [0.1, 0.15) is 17.6 Å². The minimum absolute atomic E-state index is 0.00960. The molecule has 1 aliphatic heterocycles. The number of nitrogens with zero attached hydrogens (tertiary/aromatic N) is 1. The standard InChI is InChI=1S/C21H17F4N3O3/c22-13-4-5-16-12(11-26-18(16)9-13)8-19(29)27-17-6-7-28(20(17)30)14-2-1-3-15(10-14)31-21(23,24)25/h1-5,9-11,17,26H,6-8H2,(H,27,29). The van der Waals surface area contributed by atoms with Crippen LogP contribution in [0.1, 0.15) is 12.0 Å². The van der Waals surface area contributed by atoms with Gasteiger partial charge >= 0.3 is 6.36 Å². The van der Waals surface area contributed by atoms with Gasteiger partial charge in [0.05, 0.1) is 6.42 Å². The van der Waals surface area contributed by atoms with Gasteiger partial charge in [0.2, 0.25) is 11.8 Å². The van der Waals surface area contributed by atoms with Crippen LogP contribution in [0.5, 0.6) is 5.75 Å². The molecule has 0 spiro atoms. The number of rotatable bonds is 5. The number of H-pyrrole nitrogens is 1. The van der Waals surface area contributed by atoms with Crippen LogP contribution in [0.3, 0.4) is 0 Å². The fourth-order valence-electron chi connectivity index (χ4n) is 3.64. The van der Waals surface area contributed by atoms with E-state index in [1.165, 1.54) is 29.2 Å². The topological polar surface area (TPSA) is 74.4 Å². The minimum Gasteiger partial charge on any atom is -0.406 e. The Hall–Kier alpha value is -3.56. The molecule has 1 atom stereocenters. The third-order valence-electron chi connectivity index (χ3n) is 4.98. The number of halogens is 4. The van der Waals surface area contributed by atoms with Gasteiger partial charge in [0.25, 0.3) is 0 Å². The Balaban J connectivity index is 1.41. The van der Waals surface area contributed by atoms with Crippen molar-refractivity contribution in [3.05, 3.63) is 60.0 Å². The smallest absolute Gasteiger partial charge is 0.406 e. The molecule has 31 heavy (non-hydrogen) atoms. The molecule has 0 radical (unpaired) electrons. The van der Waals surface area contributed by atoms with E-state index in [1.54, 1.807) is 12.3 Å². The van der Waals surface area contributed by atoms with Crippen molar-refractivity contribution in [2.75, 3.05) is 11.4 Å². The average molecular weight is 435 g/mol. The number of benzene rings is 2. The maximum atomic E-state index is 13.3. The summed E-state index contributed by atoms with van der Waals surface area (Å²) >= 11 is 0. The van der Waals surface area contributed by atoms with Gasteiger partial charge in [0, 0.05) is 35.4 Å². The molecule has 3 aromatic rings. The first kappa shape index (κ1) is 20.7. The van der Waals surface area contributed by atoms with E-state index in [0.29, 0.717) is 22.9 Å². The molecule has 162 valence electrons. The quantitative estimate of drug-likeness (QED) is 0.601. The summed E-state index contributed by atoms with van der Waals surface area (Å²) < 4.78 is 54.5. The molecule has 1 saturated heterocycles. The molecule has 6 nitrogen and oxygen atoms in total. The molecule has 1 unspecified atom stereocenters. The molecule has 10 heteroatoms. The van der Waals surface area contributed by atoms with Gasteiger partial charge in [-0.15, -0.1) is 13.2 Å². The average Bonchev–Trinajstić information content (AvgIpc) is 3.24. The lowest BCUT2D eigenvalue weighted by Gasteiger charge is -2.18. The maximum Gasteiger partial charge on any atom is 0.573 e. The minimum atomic E-state index is -4.84. The number of carbonyl (C=O) groups excluding carboxylic acids is 2. The number of nitrogens with one attached hydrogen (secondary N) is 2. The zero-order valence-corrected chi connectivity index (χ0v) is 16.0. The summed E-state index contributed by atoms with van der Waals surface area (Å²) in [5, 5.41) is 3.37. The molecular weight excluding hydrogens is 418 g/mol. The van der Waals surface area contributed by atoms with Gasteiger partial charge in [-0.25, -0.2) is 4.39 Å². The largest absolute Gasteiger partial charge is 0.573 e. The number of amides is 2. The second-order valence-electron chi connectivity index (χ2n) is 7.12. The molecule has 2 amide bonds. The van der Waals surface area contributed by atoms with Crippen LogP contribution in [-0.4, -0.2) is 35.7 Å². The van der Waals surface area contributed by atoms with E-state index in [-0.39, 0.29) is 24.6 Å². The van der Waals surface area contributed by atoms with Crippen LogP contribution >= 0.6 is 0 Å². The molecule has 4 rings (SSSR count). The molecule has 0 saturated carbocycles. The van der Waals surface area contributed by atoms with Crippen molar-refractivity contribution in [1.29, 1.82) is 0 Å². The van der Waals surface area contributed by atoms with E-state index in [1.807, 2.05) is 0 Å². The zero-order chi connectivity index (χ0) is 22.2. The number of aromatic nitrogens is 1. The van der Waals surface area contributed by atoms with Crippen molar-refractivity contribution in [3.8, 4) is 5.75 Å². The highest BCUT2D eigenvalue weighted by Crippen LogP contribution is 2.29. The molecule has 1 fully saturated rings. The Bertz CT molecular complexity index is 1140. The summed E-state index contributed by atoms with van der Waals surface area (Å²) in [6.07, 6.45) is -2.92. The number of hydrogen-bond donors (Lipinski definition) is 2. The van der Waals surface area contributed by atoms with E-state index >= 15 is 0 Å². The Morgan fingerprint density at radius 3 is 2.81 bits per heavy atom. The van der Waals surface area contributed by atoms with Crippen LogP contribution in [0, 0.1) is 5.82 Å². The van der Waals surface area contributed by atoms with Crippen LogP contribution in [-0.2, 0) is 16.0 Å². The molecular formula is C21H17F4N3O3. The van der Waals surface area contributed by atoms with Crippen LogP contribution in [0.15, 0.2) is 48.7 Å². The van der Waals surface area contributed by atoms with Gasteiger partial charge in [-0.05, 0) is 42.3 Å². The molecule has 1 aliphatic rings. The van der Waals surface area contributed by atoms with E-state index in [4.69, 9.17) is 0 Å². The highest BCUT2D eigenvalue weighted by molar-refractivity contribution is 6.01. The number of fused-ring (bicyclic) bond motifs is 1. The first-order valence-electron chi connectivity index (χ1n) is 9.42. The number of carbonyl (C=O) groups is 2. The molecule has 0 aliphatic carbocycles. The third-order valence-corrected chi connectivity index (χ3v) is 4.98. The predicted molar refractivity (Wildman–Crippen MR) is 104 cm³/mol. The van der Waals surface area contributed by atoms with Crippen molar-refractivity contribution in [3.63, 3.8) is 0 Å². The normalized spacial score (nSPS) is 16.7. The lowest BCUT2D eigenvalue weighted by molar-refractivity contribution is -0.274. The molecule has 2 heterocycles. The molecule has 2 aromatic carbocycles. The zero-order valence-electron chi connectivity index (χ0n) is 16.0. The Labute approximate surface area is 173 Å². The van der Waals surface area contributed by atoms with E-state index < -0.39 is 29.9 Å². The van der Waals surface area contributed by atoms with Crippen LogP contribution < -0.4 is 15.0 Å². The number of ether oxygens (including phenoxy) is 1. The predicted octanol–water partition coefficient (Wildman–Crippen LogP) is 3.67. The lowest BCUT2D eigenvalue weighted by Crippen LogP contribution is -2.42. The summed E-state index contributed by atoms with van der Waals surface area (Å²) in [6, 6.07) is 8.53. The van der Waals surface area contributed by atoms with E-state index in [0.717, 1.165) is 12.1 Å². The van der Waals surface area contributed by atoms with Crippen molar-refractivity contribution in [2.24, 2.45) is 0 Å². The summed E-state index contributed by atoms with van der Waals surface area (Å²) in [5.41, 5.74) is 1.47. The Kier molecular flexibility index (Phi) is 5.30. The van der Waals surface area contributed by atoms with Crippen LogP contribution in [0.2, 0.25) is 0 Å². The Morgan fingerprint density at radius 2 is 2.03 bits per heavy atom. The summed E-state index contributed by atoms with van der Waals surface area (Å²) in [5.74, 6) is -1.63. The summed E-state index contributed by atoms with van der Waals surface area (Å²) in [7, 11) is 0. The van der Waals surface area contributed by atoms with Crippen LogP contribution in [0.25, 0.3) is 10.9 Å². The van der Waals surface area contributed by atoms with Gasteiger partial charge in [0.15, 0.2) is 0 Å². The fraction of sp³-hybridized carbons (Fsp3) is 0.238. The summed E-state index contributed by atoms with van der Waals surface area (Å²) in [4.78, 5) is 29.4. The number of alkyl halides is 3. The first-order chi connectivity index (χ1) is 14.7. The van der Waals surface area contributed by atoms with E-state index in [2.05, 4.69) is 15.0 Å². The van der Waals surface area contributed by atoms with Gasteiger partial charge in [-0.2, -0.15) is 0 Å². The molecule has 0 bridgehead atoms. The number of aromatic amines is 1. The number of hydrogen-bond acceptors (Lipinski definition) is 3. The monoisotopic (exact) mass is 435 g/mol. The molecule has 1 aromatic heterocycles. The number of anilines is 1. The van der Waals surface area contributed by atoms with Gasteiger partial charge in [-0.1, -0.05) is 6.07 Å². The van der Waals surface area contributed by atoms with Crippen molar-refractivity contribution in [2.45, 2.75) is 25.2 Å². The lowest BCUT2D eigenvalue weighted by atomic mass is 10.1. The SMILES string of the molecule is O=C(Cc1c[nH]c2cc(F)ccc12)NC1CCN(c2cccc(OC(F)(F)F)c2)C1=O. The fourth-order valence-corrected chi connectivity index (χ4v) is 3.64. The third kappa shape index (κ3) is 4.62. The van der Waals surface area contributed by atoms with E-state index in [9.17, 15) is 27.2 Å². The van der Waals surface area contributed by atoms with Crippen molar-refractivity contribution in [1.82, 2.24) is 10.3 Å². The van der Waals surface area contributed by atoms with Crippen LogP contribution in [0.4, 0.5) is 23.2 Å². The summed E-state index contributed by atoms with van der Waals surface area (Å²) in [6.45, 7) is 0.242. The highest BCUT2D eigenvalue weighted by Gasteiger charge is 2.35.